The lowest BCUT2D eigenvalue weighted by Gasteiger charge is -2.17. The minimum absolute atomic E-state index is 0.0739. The number of anilines is 2. The molecule has 63 heavy (non-hydrogen) atoms. The molecule has 0 fully saturated rings. The Balaban J connectivity index is 0.000000160. The van der Waals surface area contributed by atoms with Crippen molar-refractivity contribution in [2.45, 2.75) is 76.3 Å². The van der Waals surface area contributed by atoms with Crippen LogP contribution in [0, 0.1) is 0 Å². The molecule has 6 aromatic heterocycles. The number of aryl methyl sites for hydroxylation is 4. The van der Waals surface area contributed by atoms with Crippen LogP contribution in [0.15, 0.2) is 97.6 Å². The molecule has 0 bridgehead atoms. The summed E-state index contributed by atoms with van der Waals surface area (Å²) in [4.78, 5) is 32.9. The van der Waals surface area contributed by atoms with E-state index < -0.39 is 0 Å². The number of para-hydroxylation sites is 2. The molecule has 0 saturated carbocycles. The highest BCUT2D eigenvalue weighted by Gasteiger charge is 2.24. The van der Waals surface area contributed by atoms with Gasteiger partial charge in [0.05, 0.1) is 17.9 Å². The summed E-state index contributed by atoms with van der Waals surface area (Å²) in [5.41, 5.74) is 19.6. The van der Waals surface area contributed by atoms with Crippen molar-refractivity contribution in [3.8, 4) is 34.3 Å². The molecule has 12 nitrogen and oxygen atoms in total. The highest BCUT2D eigenvalue weighted by molar-refractivity contribution is 7.19. The summed E-state index contributed by atoms with van der Waals surface area (Å²) in [7, 11) is 1.70. The van der Waals surface area contributed by atoms with E-state index >= 15 is 0 Å². The molecule has 0 radical (unpaired) electrons. The number of aromatic nitrogens is 6. The van der Waals surface area contributed by atoms with Gasteiger partial charge in [-0.15, -0.1) is 22.7 Å². The lowest BCUT2D eigenvalue weighted by atomic mass is 9.97. The minimum atomic E-state index is -0.155. The summed E-state index contributed by atoms with van der Waals surface area (Å²) >= 11 is 3.60. The minimum Gasteiger partial charge on any atom is -0.508 e. The molecule has 8 aromatic rings. The third kappa shape index (κ3) is 9.64. The molecule has 2 aromatic carbocycles. The first-order valence-corrected chi connectivity index (χ1v) is 23.4. The van der Waals surface area contributed by atoms with Crippen LogP contribution in [0.2, 0.25) is 0 Å². The Morgan fingerprint density at radius 3 is 1.57 bits per heavy atom. The number of ether oxygens (including phenoxy) is 1. The lowest BCUT2D eigenvalue weighted by molar-refractivity contribution is 0.408. The first-order chi connectivity index (χ1) is 30.9. The van der Waals surface area contributed by atoms with Gasteiger partial charge in [0.15, 0.2) is 11.6 Å². The number of rotatable bonds is 13. The Hall–Kier alpha value is -6.06. The van der Waals surface area contributed by atoms with E-state index in [1.807, 2.05) is 72.0 Å². The van der Waals surface area contributed by atoms with E-state index in [2.05, 4.69) is 26.7 Å². The van der Waals surface area contributed by atoms with Gasteiger partial charge in [0.25, 0.3) is 0 Å². The standard InChI is InChI=1S/C25H27N5OS.C24H25N5OS/c1-31-20-8-4-2-6-17(20)14-18(26)15-28-24-22-19-7-3-5-9-21(19)32-25(22)30-23(29-24)16-10-12-27-13-11-16;25-17(13-16-5-1-3-7-19(16)30)14-27-23-21-18-6-2-4-8-20(18)31-24(21)29-22(28-23)15-9-11-26-12-10-15/h2,4,6,8,10-13,18H,3,5,7,9,14-15,26H2,1H3,(H,28,29,30);1,3,5,7,9-12,17,30H,2,4,6,8,13-14,25H2,(H,27,28,29)/t18-;17-/m00/s1. The molecule has 2 aliphatic rings. The Morgan fingerprint density at radius 2 is 1.06 bits per heavy atom. The maximum atomic E-state index is 10.1. The summed E-state index contributed by atoms with van der Waals surface area (Å²) in [6.45, 7) is 1.17. The van der Waals surface area contributed by atoms with Crippen molar-refractivity contribution < 1.29 is 9.84 Å². The molecule has 0 amide bonds. The number of hydrogen-bond acceptors (Lipinski definition) is 14. The van der Waals surface area contributed by atoms with E-state index in [4.69, 9.17) is 36.1 Å². The number of benzene rings is 2. The van der Waals surface area contributed by atoms with Crippen molar-refractivity contribution in [2.75, 3.05) is 30.8 Å². The van der Waals surface area contributed by atoms with Crippen LogP contribution < -0.4 is 26.8 Å². The SMILES string of the molecule is COc1ccccc1C[C@H](N)CNc1nc(-c2ccncc2)nc2sc3c(c12)CCCC3.N[C@H](CNc1nc(-c2ccncc2)nc2sc3c(c12)CCCC3)Cc1ccccc1O. The number of hydrogen-bond donors (Lipinski definition) is 5. The number of pyridine rings is 2. The molecule has 322 valence electrons. The molecule has 14 heteroatoms. The van der Waals surface area contributed by atoms with Crippen LogP contribution in [-0.4, -0.2) is 67.3 Å². The van der Waals surface area contributed by atoms with E-state index in [0.717, 1.165) is 92.6 Å². The van der Waals surface area contributed by atoms with Gasteiger partial charge in [-0.1, -0.05) is 36.4 Å². The van der Waals surface area contributed by atoms with Gasteiger partial charge in [0.2, 0.25) is 0 Å². The van der Waals surface area contributed by atoms with Crippen LogP contribution in [0.3, 0.4) is 0 Å². The number of methoxy groups -OCH3 is 1. The molecule has 6 heterocycles. The summed E-state index contributed by atoms with van der Waals surface area (Å²) in [6, 6.07) is 22.9. The average molecular weight is 877 g/mol. The molecule has 2 aliphatic carbocycles. The highest BCUT2D eigenvalue weighted by atomic mass is 32.1. The van der Waals surface area contributed by atoms with Crippen molar-refractivity contribution >= 4 is 54.7 Å². The molecule has 7 N–H and O–H groups in total. The molecule has 10 rings (SSSR count). The summed E-state index contributed by atoms with van der Waals surface area (Å²) in [5.74, 6) is 4.32. The topological polar surface area (TPSA) is 183 Å². The Bertz CT molecular complexity index is 2820. The number of fused-ring (bicyclic) bond motifs is 6. The van der Waals surface area contributed by atoms with E-state index in [1.54, 1.807) is 49.3 Å². The van der Waals surface area contributed by atoms with Crippen LogP contribution in [0.1, 0.15) is 57.7 Å². The number of nitrogens with two attached hydrogens (primary N) is 2. The lowest BCUT2D eigenvalue weighted by Crippen LogP contribution is -2.31. The third-order valence-electron chi connectivity index (χ3n) is 11.7. The molecule has 0 saturated heterocycles. The third-order valence-corrected chi connectivity index (χ3v) is 14.1. The normalized spacial score (nSPS) is 14.3. The van der Waals surface area contributed by atoms with Gasteiger partial charge in [0, 0.05) is 70.8 Å². The fraction of sp³-hybridized carbons (Fsp3) is 0.306. The molecular weight excluding hydrogens is 825 g/mol. The molecular formula is C49H52N10O2S2. The summed E-state index contributed by atoms with van der Waals surface area (Å²) < 4.78 is 5.48. The Labute approximate surface area is 375 Å². The molecule has 2 atom stereocenters. The van der Waals surface area contributed by atoms with Crippen LogP contribution in [0.5, 0.6) is 11.5 Å². The largest absolute Gasteiger partial charge is 0.508 e. The van der Waals surface area contributed by atoms with E-state index in [1.165, 1.54) is 52.0 Å². The molecule has 0 aliphatic heterocycles. The quantitative estimate of drug-likeness (QED) is 0.0743. The van der Waals surface area contributed by atoms with Crippen molar-refractivity contribution in [3.05, 3.63) is 130 Å². The van der Waals surface area contributed by atoms with Gasteiger partial charge in [-0.2, -0.15) is 0 Å². The van der Waals surface area contributed by atoms with Gasteiger partial charge in [-0.3, -0.25) is 9.97 Å². The first-order valence-electron chi connectivity index (χ1n) is 21.7. The van der Waals surface area contributed by atoms with Crippen LogP contribution in [-0.2, 0) is 38.5 Å². The zero-order chi connectivity index (χ0) is 43.1. The van der Waals surface area contributed by atoms with Crippen molar-refractivity contribution in [2.24, 2.45) is 11.5 Å². The number of aromatic hydroxyl groups is 1. The van der Waals surface area contributed by atoms with E-state index in [-0.39, 0.29) is 17.8 Å². The first kappa shape index (κ1) is 42.3. The smallest absolute Gasteiger partial charge is 0.163 e. The second-order valence-electron chi connectivity index (χ2n) is 16.2. The van der Waals surface area contributed by atoms with Gasteiger partial charge >= 0.3 is 0 Å². The highest BCUT2D eigenvalue weighted by Crippen LogP contribution is 2.41. The second kappa shape index (κ2) is 19.5. The van der Waals surface area contributed by atoms with Gasteiger partial charge < -0.3 is 31.9 Å². The number of phenolic OH excluding ortho intramolecular Hbond substituents is 1. The second-order valence-corrected chi connectivity index (χ2v) is 18.3. The maximum Gasteiger partial charge on any atom is 0.163 e. The van der Waals surface area contributed by atoms with Crippen LogP contribution in [0.25, 0.3) is 43.2 Å². The zero-order valence-electron chi connectivity index (χ0n) is 35.4. The van der Waals surface area contributed by atoms with Crippen molar-refractivity contribution in [3.63, 3.8) is 0 Å². The van der Waals surface area contributed by atoms with Gasteiger partial charge in [-0.25, -0.2) is 19.9 Å². The fourth-order valence-electron chi connectivity index (χ4n) is 8.55. The monoisotopic (exact) mass is 876 g/mol. The van der Waals surface area contributed by atoms with Gasteiger partial charge in [-0.05, 0) is 123 Å². The van der Waals surface area contributed by atoms with Crippen molar-refractivity contribution in [1.82, 2.24) is 29.9 Å². The van der Waals surface area contributed by atoms with Crippen molar-refractivity contribution in [1.29, 1.82) is 0 Å². The summed E-state index contributed by atoms with van der Waals surface area (Å²) in [5, 5.41) is 19.4. The number of phenols is 1. The van der Waals surface area contributed by atoms with Crippen LogP contribution in [0.4, 0.5) is 11.6 Å². The number of nitrogens with one attached hydrogen (secondary N) is 2. The predicted octanol–water partition coefficient (Wildman–Crippen LogP) is 8.94. The van der Waals surface area contributed by atoms with Gasteiger partial charge in [0.1, 0.15) is 32.8 Å². The average Bonchev–Trinajstić information content (AvgIpc) is 3.90. The maximum absolute atomic E-state index is 10.1. The molecule has 0 unspecified atom stereocenters. The molecule has 0 spiro atoms. The predicted molar refractivity (Wildman–Crippen MR) is 256 cm³/mol. The van der Waals surface area contributed by atoms with E-state index in [0.29, 0.717) is 25.3 Å². The number of nitrogens with zero attached hydrogens (tertiary/aromatic N) is 6. The Morgan fingerprint density at radius 1 is 0.603 bits per heavy atom. The van der Waals surface area contributed by atoms with E-state index in [9.17, 15) is 5.11 Å². The van der Waals surface area contributed by atoms with Crippen LogP contribution >= 0.6 is 22.7 Å². The fourth-order valence-corrected chi connectivity index (χ4v) is 11.1. The number of thiophene rings is 2. The zero-order valence-corrected chi connectivity index (χ0v) is 37.0. The Kier molecular flexibility index (Phi) is 13.1. The summed E-state index contributed by atoms with van der Waals surface area (Å²) in [6.07, 6.45) is 17.7.